The van der Waals surface area contributed by atoms with Crippen LogP contribution < -0.4 is 15.9 Å². The number of carbonyl (C=O) groups excluding carboxylic acids is 4. The summed E-state index contributed by atoms with van der Waals surface area (Å²) in [6, 6.07) is 43.8. The predicted octanol–water partition coefficient (Wildman–Crippen LogP) is 13.4. The summed E-state index contributed by atoms with van der Waals surface area (Å²) in [7, 11) is -2.72. The Labute approximate surface area is 443 Å². The van der Waals surface area contributed by atoms with E-state index in [4.69, 9.17) is 0 Å². The van der Waals surface area contributed by atoms with Crippen LogP contribution >= 0.6 is 7.26 Å². The Morgan fingerprint density at radius 1 is 0.581 bits per heavy atom. The number of rotatable bonds is 10. The molecule has 3 aliphatic rings. The fraction of sp³-hybridized carbons (Fsp3) is 0.197. The SMILES string of the molecule is CC=C1CCCC1=CC(C#Cc1cc2c3c(ccc4c5c(/C=C/C)cc6c7c(ccc(c1c34)c75)C(=O)N(CC(C)C)C6=O)C(=O)N(CC(C)C)C2=O)=C([C]#[Os])[P+](c1ccccc1)(c1ccccc1)c1ccccc1. The second-order valence-corrected chi connectivity index (χ2v) is 24.4. The molecule has 0 spiro atoms. The standard InChI is InChI=1S/C66H55N2O4P.Os/c1-8-20-46-36-55-59-53(63(69)67(65(55)71)38-40(3)4)34-32-52-58-47(37-56-60-54(64(70)68(66(56)72)39-41(5)6)33-31-51(62(58)60)57(46)61(52)59)30-29-44(35-45-22-19-21-43(45)9-2)42(7)73(48-23-13-10-14-24-48,49-25-15-11-16-26-49)50-27-17-12-18-28-50;/h8-18,20,23-28,31-37,40-41H,19,21-22,38-39H2,1-6H3;/q+1;/b20-8+,43-9?,44-42?,45-35?;. The maximum absolute atomic E-state index is 15.1. The first kappa shape index (κ1) is 48.9. The van der Waals surface area contributed by atoms with E-state index in [1.54, 1.807) is 17.9 Å². The molecular formula is C66H55N2O4OsP+. The molecule has 0 saturated heterocycles. The summed E-state index contributed by atoms with van der Waals surface area (Å²) < 4.78 is 3.85. The summed E-state index contributed by atoms with van der Waals surface area (Å²) in [6.07, 6.45) is 11.4. The van der Waals surface area contributed by atoms with Crippen LogP contribution in [0.4, 0.5) is 0 Å². The summed E-state index contributed by atoms with van der Waals surface area (Å²) >= 11 is 1.73. The maximum atomic E-state index is 15.1. The van der Waals surface area contributed by atoms with Crippen LogP contribution in [-0.2, 0) is 17.9 Å². The van der Waals surface area contributed by atoms with Gasteiger partial charge in [-0.2, -0.15) is 0 Å². The minimum absolute atomic E-state index is 0.0369. The van der Waals surface area contributed by atoms with E-state index in [-0.39, 0.29) is 42.0 Å². The molecule has 2 heterocycles. The molecule has 1 aliphatic carbocycles. The van der Waals surface area contributed by atoms with Crippen molar-refractivity contribution in [3.63, 3.8) is 0 Å². The third kappa shape index (κ3) is 7.70. The number of nitrogens with zero attached hydrogens (tertiary/aromatic N) is 2. The van der Waals surface area contributed by atoms with Crippen LogP contribution in [0.5, 0.6) is 0 Å². The number of amides is 4. The second kappa shape index (κ2) is 19.5. The van der Waals surface area contributed by atoms with Crippen molar-refractivity contribution in [1.29, 1.82) is 0 Å². The zero-order valence-electron chi connectivity index (χ0n) is 42.5. The molecule has 365 valence electrons. The molecule has 6 nitrogen and oxygen atoms in total. The minimum atomic E-state index is -2.72. The van der Waals surface area contributed by atoms with Gasteiger partial charge in [0.05, 0.1) is 0 Å². The van der Waals surface area contributed by atoms with Gasteiger partial charge < -0.3 is 0 Å². The van der Waals surface area contributed by atoms with E-state index in [1.807, 2.05) is 83.2 Å². The van der Waals surface area contributed by atoms with Crippen LogP contribution in [0.25, 0.3) is 49.2 Å². The van der Waals surface area contributed by atoms with Crippen molar-refractivity contribution < 1.29 is 37.1 Å². The number of fused-ring (bicyclic) bond motifs is 2. The predicted molar refractivity (Wildman–Crippen MR) is 301 cm³/mol. The Morgan fingerprint density at radius 3 is 1.54 bits per heavy atom. The normalized spacial score (nSPS) is 16.3. The van der Waals surface area contributed by atoms with Gasteiger partial charge in [0, 0.05) is 6.54 Å². The first-order chi connectivity index (χ1) is 35.9. The average Bonchev–Trinajstić information content (AvgIpc) is 3.92. The van der Waals surface area contributed by atoms with Crippen molar-refractivity contribution in [1.82, 2.24) is 9.80 Å². The van der Waals surface area contributed by atoms with E-state index in [9.17, 15) is 14.4 Å². The van der Waals surface area contributed by atoms with Crippen molar-refractivity contribution >= 4 is 96.0 Å². The van der Waals surface area contributed by atoms with Crippen LogP contribution in [0.3, 0.4) is 0 Å². The molecule has 0 bridgehead atoms. The van der Waals surface area contributed by atoms with E-state index in [1.165, 1.54) is 36.9 Å². The van der Waals surface area contributed by atoms with E-state index in [0.717, 1.165) is 68.0 Å². The van der Waals surface area contributed by atoms with Gasteiger partial charge in [0.15, 0.2) is 0 Å². The fourth-order valence-corrected chi connectivity index (χ4v) is 17.7. The molecule has 8 heteroatoms. The molecule has 0 radical (unpaired) electrons. The van der Waals surface area contributed by atoms with Crippen LogP contribution in [-0.4, -0.2) is 46.5 Å². The van der Waals surface area contributed by atoms with Gasteiger partial charge in [0.25, 0.3) is 0 Å². The summed E-state index contributed by atoms with van der Waals surface area (Å²) in [5.41, 5.74) is 6.63. The van der Waals surface area contributed by atoms with Gasteiger partial charge in [0.2, 0.25) is 0 Å². The van der Waals surface area contributed by atoms with Gasteiger partial charge in [-0.15, -0.1) is 0 Å². The molecule has 1 fully saturated rings. The Bertz CT molecular complexity index is 3840. The number of allylic oxidation sites excluding steroid dienone is 7. The summed E-state index contributed by atoms with van der Waals surface area (Å²) in [5.74, 6) is 6.43. The number of imide groups is 2. The molecule has 11 rings (SSSR count). The van der Waals surface area contributed by atoms with Crippen molar-refractivity contribution in [2.75, 3.05) is 13.1 Å². The Hall–Kier alpha value is -7.29. The van der Waals surface area contributed by atoms with Crippen molar-refractivity contribution in [3.05, 3.63) is 201 Å². The molecule has 8 aromatic rings. The van der Waals surface area contributed by atoms with Crippen LogP contribution in [0.15, 0.2) is 168 Å². The Morgan fingerprint density at radius 2 is 1.05 bits per heavy atom. The second-order valence-electron chi connectivity index (χ2n) is 20.4. The summed E-state index contributed by atoms with van der Waals surface area (Å²) in [5, 5.41) is 10.5. The molecule has 2 aliphatic heterocycles. The Kier molecular flexibility index (Phi) is 12.9. The fourth-order valence-electron chi connectivity index (χ4n) is 11.9. The molecule has 74 heavy (non-hydrogen) atoms. The number of hydrogen-bond donors (Lipinski definition) is 0. The zero-order chi connectivity index (χ0) is 51.6. The number of carbonyl (C=O) groups is 4. The van der Waals surface area contributed by atoms with Crippen molar-refractivity contribution in [3.8, 4) is 16.2 Å². The first-order valence-electron chi connectivity index (χ1n) is 25.6. The molecule has 0 N–H and O–H groups in total. The zero-order valence-corrected chi connectivity index (χ0v) is 45.9. The summed E-state index contributed by atoms with van der Waals surface area (Å²) in [4.78, 5) is 61.7. The summed E-state index contributed by atoms with van der Waals surface area (Å²) in [6.45, 7) is 12.7. The number of hydrogen-bond acceptors (Lipinski definition) is 4. The van der Waals surface area contributed by atoms with E-state index in [2.05, 4.69) is 126 Å². The van der Waals surface area contributed by atoms with Gasteiger partial charge in [-0.1, -0.05) is 33.8 Å². The average molecular weight is 1160 g/mol. The third-order valence-electron chi connectivity index (χ3n) is 14.9. The molecule has 1 saturated carbocycles. The topological polar surface area (TPSA) is 74.8 Å². The van der Waals surface area contributed by atoms with Crippen molar-refractivity contribution in [2.24, 2.45) is 11.8 Å². The van der Waals surface area contributed by atoms with Gasteiger partial charge in [-0.25, -0.2) is 0 Å². The molecule has 0 atom stereocenters. The van der Waals surface area contributed by atoms with Crippen LogP contribution in [0.2, 0.25) is 0 Å². The quantitative estimate of drug-likeness (QED) is 0.0450. The molecule has 8 aromatic carbocycles. The van der Waals surface area contributed by atoms with E-state index < -0.39 is 7.26 Å². The van der Waals surface area contributed by atoms with Crippen LogP contribution in [0, 0.1) is 28.0 Å². The third-order valence-corrected chi connectivity index (χ3v) is 20.3. The Balaban J connectivity index is 1.32. The monoisotopic (exact) mass is 1160 g/mol. The van der Waals surface area contributed by atoms with Gasteiger partial charge in [-0.3, -0.25) is 14.5 Å². The molecule has 0 aromatic heterocycles. The number of benzene rings is 8. The van der Waals surface area contributed by atoms with E-state index >= 15 is 4.79 Å². The molecular weight excluding hydrogens is 1110 g/mol. The van der Waals surface area contributed by atoms with Gasteiger partial charge >= 0.3 is 378 Å². The van der Waals surface area contributed by atoms with Gasteiger partial charge in [-0.05, 0) is 12.8 Å². The van der Waals surface area contributed by atoms with Crippen molar-refractivity contribution in [2.45, 2.75) is 60.8 Å². The van der Waals surface area contributed by atoms with E-state index in [0.29, 0.717) is 45.1 Å². The molecule has 0 unspecified atom stereocenters. The molecule has 4 amide bonds. The van der Waals surface area contributed by atoms with Gasteiger partial charge in [0.1, 0.15) is 0 Å². The first-order valence-corrected chi connectivity index (χ1v) is 28.7. The van der Waals surface area contributed by atoms with Crippen LogP contribution in [0.1, 0.15) is 113 Å².